The van der Waals surface area contributed by atoms with Crippen LogP contribution in [0.1, 0.15) is 19.4 Å². The average molecular weight is 282 g/mol. The van der Waals surface area contributed by atoms with Crippen LogP contribution in [0.15, 0.2) is 18.2 Å². The largest absolute Gasteiger partial charge is 0.491 e. The van der Waals surface area contributed by atoms with Crippen LogP contribution in [0.4, 0.5) is 4.39 Å². The number of hydrogen-bond donors (Lipinski definition) is 2. The number of hydrogen-bond acceptors (Lipinski definition) is 4. The maximum atomic E-state index is 13.4. The van der Waals surface area contributed by atoms with Crippen LogP contribution >= 0.6 is 0 Å². The van der Waals surface area contributed by atoms with Gasteiger partial charge in [-0.1, -0.05) is 19.1 Å². The Hall–Kier alpha value is -0.945. The van der Waals surface area contributed by atoms with Gasteiger partial charge in [0.15, 0.2) is 0 Å². The smallest absolute Gasteiger partial charge is 0.423 e. The van der Waals surface area contributed by atoms with Crippen molar-refractivity contribution in [2.24, 2.45) is 0 Å². The summed E-state index contributed by atoms with van der Waals surface area (Å²) in [6.07, 6.45) is 0. The van der Waals surface area contributed by atoms with Crippen LogP contribution < -0.4 is 5.46 Å². The van der Waals surface area contributed by atoms with Gasteiger partial charge >= 0.3 is 7.12 Å². The SMILES string of the molecule is CCN(Cc1ccc(F)c(B(O)O)c1)C(C)CN(C)C. The molecular weight excluding hydrogens is 258 g/mol. The molecule has 1 unspecified atom stereocenters. The van der Waals surface area contributed by atoms with Crippen molar-refractivity contribution in [1.82, 2.24) is 9.80 Å². The summed E-state index contributed by atoms with van der Waals surface area (Å²) in [5.41, 5.74) is 0.806. The van der Waals surface area contributed by atoms with Gasteiger partial charge in [-0.2, -0.15) is 0 Å². The van der Waals surface area contributed by atoms with Gasteiger partial charge in [-0.15, -0.1) is 0 Å². The van der Waals surface area contributed by atoms with Crippen molar-refractivity contribution in [2.75, 3.05) is 27.2 Å². The normalized spacial score (nSPS) is 13.1. The molecule has 0 radical (unpaired) electrons. The van der Waals surface area contributed by atoms with Gasteiger partial charge in [0.05, 0.1) is 0 Å². The molecule has 0 fully saturated rings. The maximum absolute atomic E-state index is 13.4. The molecule has 20 heavy (non-hydrogen) atoms. The molecular formula is C14H24BFN2O2. The summed E-state index contributed by atoms with van der Waals surface area (Å²) in [6.45, 7) is 6.70. The van der Waals surface area contributed by atoms with E-state index in [1.807, 2.05) is 14.1 Å². The second-order valence-electron chi connectivity index (χ2n) is 5.40. The number of nitrogens with zero attached hydrogens (tertiary/aromatic N) is 2. The molecule has 0 aliphatic heterocycles. The monoisotopic (exact) mass is 282 g/mol. The molecule has 1 aromatic carbocycles. The maximum Gasteiger partial charge on any atom is 0.491 e. The Bertz CT molecular complexity index is 430. The molecule has 0 aliphatic rings. The van der Waals surface area contributed by atoms with E-state index in [1.54, 1.807) is 6.07 Å². The quantitative estimate of drug-likeness (QED) is 0.705. The first-order valence-electron chi connectivity index (χ1n) is 6.88. The van der Waals surface area contributed by atoms with Crippen molar-refractivity contribution in [3.05, 3.63) is 29.6 Å². The third kappa shape index (κ3) is 4.87. The van der Waals surface area contributed by atoms with E-state index in [2.05, 4.69) is 23.6 Å². The molecule has 0 saturated heterocycles. The van der Waals surface area contributed by atoms with E-state index >= 15 is 0 Å². The van der Waals surface area contributed by atoms with Gasteiger partial charge in [0.2, 0.25) is 0 Å². The lowest BCUT2D eigenvalue weighted by Gasteiger charge is -2.30. The van der Waals surface area contributed by atoms with Crippen LogP contribution in [0.2, 0.25) is 0 Å². The first kappa shape index (κ1) is 17.1. The molecule has 1 atom stereocenters. The first-order chi connectivity index (χ1) is 9.35. The number of likely N-dealkylation sites (N-methyl/N-ethyl adjacent to an activating group) is 2. The first-order valence-corrected chi connectivity index (χ1v) is 6.88. The van der Waals surface area contributed by atoms with Crippen molar-refractivity contribution < 1.29 is 14.4 Å². The molecule has 4 nitrogen and oxygen atoms in total. The Kier molecular flexibility index (Phi) is 6.62. The van der Waals surface area contributed by atoms with Crippen LogP contribution in [0.5, 0.6) is 0 Å². The molecule has 0 spiro atoms. The molecule has 1 aromatic rings. The topological polar surface area (TPSA) is 46.9 Å². The number of halogens is 1. The van der Waals surface area contributed by atoms with Crippen molar-refractivity contribution >= 4 is 12.6 Å². The molecule has 112 valence electrons. The van der Waals surface area contributed by atoms with Gasteiger partial charge in [-0.25, -0.2) is 4.39 Å². The fourth-order valence-electron chi connectivity index (χ4n) is 2.35. The van der Waals surface area contributed by atoms with Crippen LogP contribution in [0.25, 0.3) is 0 Å². The van der Waals surface area contributed by atoms with E-state index in [0.29, 0.717) is 12.6 Å². The Morgan fingerprint density at radius 2 is 1.95 bits per heavy atom. The molecule has 0 aliphatic carbocycles. The van der Waals surface area contributed by atoms with E-state index < -0.39 is 12.9 Å². The highest BCUT2D eigenvalue weighted by Crippen LogP contribution is 2.09. The van der Waals surface area contributed by atoms with Crippen molar-refractivity contribution in [3.8, 4) is 0 Å². The predicted molar refractivity (Wildman–Crippen MR) is 80.3 cm³/mol. The Balaban J connectivity index is 2.82. The number of rotatable bonds is 7. The third-order valence-electron chi connectivity index (χ3n) is 3.38. The van der Waals surface area contributed by atoms with E-state index in [4.69, 9.17) is 10.0 Å². The average Bonchev–Trinajstić information content (AvgIpc) is 2.36. The molecule has 2 N–H and O–H groups in total. The zero-order valence-electron chi connectivity index (χ0n) is 12.7. The summed E-state index contributed by atoms with van der Waals surface area (Å²) in [6, 6.07) is 4.86. The number of benzene rings is 1. The van der Waals surface area contributed by atoms with E-state index in [0.717, 1.165) is 18.7 Å². The van der Waals surface area contributed by atoms with Crippen molar-refractivity contribution in [1.29, 1.82) is 0 Å². The highest BCUT2D eigenvalue weighted by atomic mass is 19.1. The lowest BCUT2D eigenvalue weighted by molar-refractivity contribution is 0.174. The minimum atomic E-state index is -1.77. The van der Waals surface area contributed by atoms with Gasteiger partial charge < -0.3 is 14.9 Å². The molecule has 0 bridgehead atoms. The zero-order valence-corrected chi connectivity index (χ0v) is 12.7. The Morgan fingerprint density at radius 1 is 1.30 bits per heavy atom. The summed E-state index contributed by atoms with van der Waals surface area (Å²) in [5, 5.41) is 18.3. The highest BCUT2D eigenvalue weighted by Gasteiger charge is 2.18. The van der Waals surface area contributed by atoms with Gasteiger partial charge in [0, 0.05) is 24.6 Å². The summed E-state index contributed by atoms with van der Waals surface area (Å²) in [7, 11) is 2.29. The summed E-state index contributed by atoms with van der Waals surface area (Å²) in [5.74, 6) is -0.590. The molecule has 0 aromatic heterocycles. The van der Waals surface area contributed by atoms with Gasteiger partial charge in [-0.3, -0.25) is 4.90 Å². The Labute approximate surface area is 121 Å². The van der Waals surface area contributed by atoms with Crippen LogP contribution in [0.3, 0.4) is 0 Å². The van der Waals surface area contributed by atoms with Crippen molar-refractivity contribution in [2.45, 2.75) is 26.4 Å². The van der Waals surface area contributed by atoms with Gasteiger partial charge in [-0.05, 0) is 39.2 Å². The fraction of sp³-hybridized carbons (Fsp3) is 0.571. The molecule has 0 heterocycles. The molecule has 0 saturated carbocycles. The fourth-order valence-corrected chi connectivity index (χ4v) is 2.35. The lowest BCUT2D eigenvalue weighted by atomic mass is 9.79. The minimum Gasteiger partial charge on any atom is -0.423 e. The molecule has 6 heteroatoms. The lowest BCUT2D eigenvalue weighted by Crippen LogP contribution is -2.40. The predicted octanol–water partition coefficient (Wildman–Crippen LogP) is 0.278. The van der Waals surface area contributed by atoms with Crippen LogP contribution in [-0.4, -0.2) is 60.2 Å². The minimum absolute atomic E-state index is 0.0705. The molecule has 0 amide bonds. The van der Waals surface area contributed by atoms with Crippen LogP contribution in [0, 0.1) is 5.82 Å². The summed E-state index contributed by atoms with van der Waals surface area (Å²) >= 11 is 0. The zero-order chi connectivity index (χ0) is 15.3. The van der Waals surface area contributed by atoms with E-state index in [9.17, 15) is 4.39 Å². The third-order valence-corrected chi connectivity index (χ3v) is 3.38. The van der Waals surface area contributed by atoms with Crippen molar-refractivity contribution in [3.63, 3.8) is 0 Å². The van der Waals surface area contributed by atoms with Gasteiger partial charge in [0.1, 0.15) is 5.82 Å². The second-order valence-corrected chi connectivity index (χ2v) is 5.40. The second kappa shape index (κ2) is 7.74. The van der Waals surface area contributed by atoms with E-state index in [1.165, 1.54) is 12.1 Å². The molecule has 1 rings (SSSR count). The highest BCUT2D eigenvalue weighted by molar-refractivity contribution is 6.58. The standard InChI is InChI=1S/C14H24BFN2O2/c1-5-18(11(2)9-17(3)4)10-12-6-7-14(16)13(8-12)15(19)20/h6-8,11,19-20H,5,9-10H2,1-4H3. The summed E-state index contributed by atoms with van der Waals surface area (Å²) < 4.78 is 13.4. The van der Waals surface area contributed by atoms with Crippen LogP contribution in [-0.2, 0) is 6.54 Å². The summed E-state index contributed by atoms with van der Waals surface area (Å²) in [4.78, 5) is 4.39. The Morgan fingerprint density at radius 3 is 2.45 bits per heavy atom. The van der Waals surface area contributed by atoms with Gasteiger partial charge in [0.25, 0.3) is 0 Å². The van der Waals surface area contributed by atoms with E-state index in [-0.39, 0.29) is 5.46 Å².